The SMILES string of the molecule is C[C@H](NC(=O)c1cc(Cl)cc(C(F)(F)F)c1)c1ncnn1-c1ccc(C(F)(F)F)cn1. The molecule has 3 aromatic rings. The highest BCUT2D eigenvalue weighted by molar-refractivity contribution is 6.31. The molecule has 1 aromatic carbocycles. The maximum Gasteiger partial charge on any atom is 0.417 e. The Morgan fingerprint density at radius 1 is 1.03 bits per heavy atom. The molecule has 31 heavy (non-hydrogen) atoms. The molecule has 6 nitrogen and oxygen atoms in total. The Labute approximate surface area is 175 Å². The normalized spacial score (nSPS) is 13.2. The highest BCUT2D eigenvalue weighted by atomic mass is 35.5. The number of halogens is 7. The van der Waals surface area contributed by atoms with Gasteiger partial charge in [-0.2, -0.15) is 36.1 Å². The molecular weight excluding hydrogens is 452 g/mol. The second-order valence-electron chi connectivity index (χ2n) is 6.35. The van der Waals surface area contributed by atoms with Crippen molar-refractivity contribution in [3.8, 4) is 5.82 Å². The fraction of sp³-hybridized carbons (Fsp3) is 0.222. The monoisotopic (exact) mass is 463 g/mol. The molecule has 1 amide bonds. The van der Waals surface area contributed by atoms with Crippen LogP contribution in [0, 0.1) is 0 Å². The molecule has 0 unspecified atom stereocenters. The van der Waals surface area contributed by atoms with E-state index in [1.807, 2.05) is 0 Å². The number of aromatic nitrogens is 4. The van der Waals surface area contributed by atoms with Gasteiger partial charge < -0.3 is 5.32 Å². The van der Waals surface area contributed by atoms with Gasteiger partial charge in [0.05, 0.1) is 17.2 Å². The fourth-order valence-electron chi connectivity index (χ4n) is 2.63. The third-order valence-electron chi connectivity index (χ3n) is 4.09. The van der Waals surface area contributed by atoms with Crippen LogP contribution >= 0.6 is 11.6 Å². The quantitative estimate of drug-likeness (QED) is 0.562. The van der Waals surface area contributed by atoms with Crippen LogP contribution in [0.4, 0.5) is 26.3 Å². The highest BCUT2D eigenvalue weighted by Crippen LogP contribution is 2.32. The number of pyridine rings is 1. The molecule has 0 aliphatic rings. The van der Waals surface area contributed by atoms with E-state index < -0.39 is 35.4 Å². The van der Waals surface area contributed by atoms with Crippen molar-refractivity contribution in [1.82, 2.24) is 25.1 Å². The summed E-state index contributed by atoms with van der Waals surface area (Å²) >= 11 is 5.69. The molecular formula is C18H12ClF6N5O. The predicted octanol–water partition coefficient (Wildman–Crippen LogP) is 4.84. The van der Waals surface area contributed by atoms with Crippen LogP contribution in [0.1, 0.15) is 40.3 Å². The van der Waals surface area contributed by atoms with Gasteiger partial charge in [0.1, 0.15) is 6.33 Å². The van der Waals surface area contributed by atoms with Crippen LogP contribution in [0.3, 0.4) is 0 Å². The minimum atomic E-state index is -4.69. The Balaban J connectivity index is 1.83. The zero-order chi connectivity index (χ0) is 23.0. The molecule has 0 bridgehead atoms. The first-order valence-corrected chi connectivity index (χ1v) is 8.86. The summed E-state index contributed by atoms with van der Waals surface area (Å²) in [5.41, 5.74) is -2.37. The summed E-state index contributed by atoms with van der Waals surface area (Å²) in [5.74, 6) is -0.766. The molecule has 0 saturated heterocycles. The van der Waals surface area contributed by atoms with E-state index in [0.717, 1.165) is 29.2 Å². The van der Waals surface area contributed by atoms with Crippen LogP contribution < -0.4 is 5.32 Å². The number of rotatable bonds is 4. The molecule has 0 aliphatic heterocycles. The highest BCUT2D eigenvalue weighted by Gasteiger charge is 2.32. The summed E-state index contributed by atoms with van der Waals surface area (Å²) in [6, 6.07) is 3.41. The molecule has 2 heterocycles. The van der Waals surface area contributed by atoms with Crippen molar-refractivity contribution in [1.29, 1.82) is 0 Å². The first kappa shape index (κ1) is 22.5. The number of alkyl halides is 6. The van der Waals surface area contributed by atoms with Gasteiger partial charge in [-0.15, -0.1) is 0 Å². The van der Waals surface area contributed by atoms with Crippen LogP contribution in [0.25, 0.3) is 5.82 Å². The average molecular weight is 464 g/mol. The van der Waals surface area contributed by atoms with Gasteiger partial charge in [-0.1, -0.05) is 11.6 Å². The third-order valence-corrected chi connectivity index (χ3v) is 4.31. The Morgan fingerprint density at radius 2 is 1.71 bits per heavy atom. The lowest BCUT2D eigenvalue weighted by Gasteiger charge is -2.16. The van der Waals surface area contributed by atoms with Crippen molar-refractivity contribution in [2.45, 2.75) is 25.3 Å². The topological polar surface area (TPSA) is 72.7 Å². The number of hydrogen-bond donors (Lipinski definition) is 1. The lowest BCUT2D eigenvalue weighted by atomic mass is 10.1. The van der Waals surface area contributed by atoms with Crippen LogP contribution in [0.15, 0.2) is 42.9 Å². The van der Waals surface area contributed by atoms with Crippen LogP contribution in [0.2, 0.25) is 5.02 Å². The maximum atomic E-state index is 13.0. The number of nitrogens with zero attached hydrogens (tertiary/aromatic N) is 4. The molecule has 1 N–H and O–H groups in total. The van der Waals surface area contributed by atoms with Crippen molar-refractivity contribution >= 4 is 17.5 Å². The van der Waals surface area contributed by atoms with Gasteiger partial charge in [-0.3, -0.25) is 4.79 Å². The van der Waals surface area contributed by atoms with E-state index in [2.05, 4.69) is 20.4 Å². The van der Waals surface area contributed by atoms with Gasteiger partial charge >= 0.3 is 12.4 Å². The summed E-state index contributed by atoms with van der Waals surface area (Å²) in [5, 5.41) is 6.06. The second kappa shape index (κ2) is 8.17. The molecule has 0 fully saturated rings. The van der Waals surface area contributed by atoms with E-state index in [0.29, 0.717) is 18.3 Å². The summed E-state index contributed by atoms with van der Waals surface area (Å²) in [4.78, 5) is 20.1. The Bertz CT molecular complexity index is 1090. The van der Waals surface area contributed by atoms with Crippen molar-refractivity contribution < 1.29 is 31.1 Å². The molecule has 0 radical (unpaired) electrons. The predicted molar refractivity (Wildman–Crippen MR) is 96.5 cm³/mol. The van der Waals surface area contributed by atoms with Gasteiger partial charge in [0.25, 0.3) is 5.91 Å². The summed E-state index contributed by atoms with van der Waals surface area (Å²) < 4.78 is 78.1. The second-order valence-corrected chi connectivity index (χ2v) is 6.79. The maximum absolute atomic E-state index is 13.0. The lowest BCUT2D eigenvalue weighted by Crippen LogP contribution is -2.29. The van der Waals surface area contributed by atoms with Crippen LogP contribution in [-0.2, 0) is 12.4 Å². The van der Waals surface area contributed by atoms with E-state index in [9.17, 15) is 31.1 Å². The zero-order valence-electron chi connectivity index (χ0n) is 15.5. The number of carbonyl (C=O) groups is 1. The molecule has 2 aromatic heterocycles. The number of amides is 1. The zero-order valence-corrected chi connectivity index (χ0v) is 16.2. The van der Waals surface area contributed by atoms with Crippen molar-refractivity contribution in [2.24, 2.45) is 0 Å². The van der Waals surface area contributed by atoms with E-state index in [1.54, 1.807) is 0 Å². The largest absolute Gasteiger partial charge is 0.417 e. The summed E-state index contributed by atoms with van der Waals surface area (Å²) in [7, 11) is 0. The van der Waals surface area contributed by atoms with E-state index >= 15 is 0 Å². The molecule has 0 saturated carbocycles. The van der Waals surface area contributed by atoms with Crippen molar-refractivity contribution in [3.05, 3.63) is 70.4 Å². The Kier molecular flexibility index (Phi) is 5.94. The summed E-state index contributed by atoms with van der Waals surface area (Å²) in [6.07, 6.45) is -7.54. The molecule has 0 spiro atoms. The van der Waals surface area contributed by atoms with Crippen molar-refractivity contribution in [3.63, 3.8) is 0 Å². The van der Waals surface area contributed by atoms with E-state index in [-0.39, 0.29) is 22.2 Å². The van der Waals surface area contributed by atoms with Crippen molar-refractivity contribution in [2.75, 3.05) is 0 Å². The average Bonchev–Trinajstić information content (AvgIpc) is 3.16. The number of hydrogen-bond acceptors (Lipinski definition) is 4. The molecule has 0 aliphatic carbocycles. The number of benzene rings is 1. The Morgan fingerprint density at radius 3 is 2.29 bits per heavy atom. The van der Waals surface area contributed by atoms with Gasteiger partial charge in [-0.25, -0.2) is 9.97 Å². The molecule has 13 heteroatoms. The van der Waals surface area contributed by atoms with Crippen LogP contribution in [-0.4, -0.2) is 25.7 Å². The van der Waals surface area contributed by atoms with Gasteiger partial charge in [0.2, 0.25) is 0 Å². The number of carbonyl (C=O) groups excluding carboxylic acids is 1. The minimum Gasteiger partial charge on any atom is -0.342 e. The molecule has 1 atom stereocenters. The van der Waals surface area contributed by atoms with E-state index in [1.165, 1.54) is 6.92 Å². The third kappa shape index (κ3) is 5.13. The number of nitrogens with one attached hydrogen (secondary N) is 1. The van der Waals surface area contributed by atoms with Crippen LogP contribution in [0.5, 0.6) is 0 Å². The minimum absolute atomic E-state index is 0.00344. The summed E-state index contributed by atoms with van der Waals surface area (Å²) in [6.45, 7) is 1.47. The standard InChI is InChI=1S/C18H12ClF6N5O/c1-9(29-16(31)10-4-12(18(23,24)25)6-13(19)5-10)15-27-8-28-30(15)14-3-2-11(7-26-14)17(20,21)22/h2-9H,1H3,(H,29,31)/t9-/m0/s1. The fourth-order valence-corrected chi connectivity index (χ4v) is 2.87. The van der Waals surface area contributed by atoms with Gasteiger partial charge in [0.15, 0.2) is 11.6 Å². The molecule has 164 valence electrons. The molecule has 3 rings (SSSR count). The van der Waals surface area contributed by atoms with E-state index in [4.69, 9.17) is 11.6 Å². The lowest BCUT2D eigenvalue weighted by molar-refractivity contribution is -0.138. The first-order valence-electron chi connectivity index (χ1n) is 8.48. The smallest absolute Gasteiger partial charge is 0.342 e. The van der Waals surface area contributed by atoms with Gasteiger partial charge in [-0.05, 0) is 37.3 Å². The Hall–Kier alpha value is -3.15. The first-order chi connectivity index (χ1) is 14.4. The van der Waals surface area contributed by atoms with Gasteiger partial charge in [0, 0.05) is 16.8 Å².